The lowest BCUT2D eigenvalue weighted by Crippen LogP contribution is -2.25. The molecule has 1 aliphatic rings. The third kappa shape index (κ3) is 3.35. The van der Waals surface area contributed by atoms with Crippen molar-refractivity contribution in [2.45, 2.75) is 45.3 Å². The summed E-state index contributed by atoms with van der Waals surface area (Å²) in [5.41, 5.74) is 0. The van der Waals surface area contributed by atoms with E-state index in [0.29, 0.717) is 0 Å². The molecule has 0 aromatic rings. The van der Waals surface area contributed by atoms with E-state index in [4.69, 9.17) is 9.47 Å². The Bertz CT molecular complexity index is 162. The maximum Gasteiger partial charge on any atom is 0.311 e. The van der Waals surface area contributed by atoms with Gasteiger partial charge in [-0.15, -0.1) is 0 Å². The molecule has 1 unspecified atom stereocenters. The summed E-state index contributed by atoms with van der Waals surface area (Å²) in [5, 5.41) is 0. The Hall–Kier alpha value is -0.570. The van der Waals surface area contributed by atoms with Crippen molar-refractivity contribution < 1.29 is 14.3 Å². The third-order valence-electron chi connectivity index (χ3n) is 2.55. The van der Waals surface area contributed by atoms with Gasteiger partial charge < -0.3 is 9.47 Å². The molecule has 0 saturated heterocycles. The third-order valence-corrected chi connectivity index (χ3v) is 2.55. The molecule has 1 aliphatic carbocycles. The van der Waals surface area contributed by atoms with Gasteiger partial charge in [0, 0.05) is 7.11 Å². The van der Waals surface area contributed by atoms with Gasteiger partial charge in [0.2, 0.25) is 0 Å². The van der Waals surface area contributed by atoms with E-state index in [2.05, 4.69) is 0 Å². The van der Waals surface area contributed by atoms with Crippen LogP contribution in [0.2, 0.25) is 0 Å². The Morgan fingerprint density at radius 3 is 2.46 bits per heavy atom. The molecular weight excluding hydrogens is 168 g/mol. The van der Waals surface area contributed by atoms with Gasteiger partial charge >= 0.3 is 5.97 Å². The Labute approximate surface area is 79.4 Å². The van der Waals surface area contributed by atoms with Crippen LogP contribution in [0.4, 0.5) is 0 Å². The highest BCUT2D eigenvalue weighted by Crippen LogP contribution is 2.24. The van der Waals surface area contributed by atoms with Crippen molar-refractivity contribution in [3.63, 3.8) is 0 Å². The summed E-state index contributed by atoms with van der Waals surface area (Å²) in [6.45, 7) is 1.74. The summed E-state index contributed by atoms with van der Waals surface area (Å²) in [4.78, 5) is 11.5. The van der Waals surface area contributed by atoms with Gasteiger partial charge in [0.1, 0.15) is 0 Å². The Balaban J connectivity index is 2.29. The van der Waals surface area contributed by atoms with Crippen molar-refractivity contribution in [2.24, 2.45) is 5.92 Å². The second kappa shape index (κ2) is 5.22. The average Bonchev–Trinajstić information content (AvgIpc) is 2.19. The summed E-state index contributed by atoms with van der Waals surface area (Å²) in [6.07, 6.45) is 5.12. The maximum absolute atomic E-state index is 11.5. The van der Waals surface area contributed by atoms with Crippen LogP contribution in [-0.4, -0.2) is 19.4 Å². The number of rotatable bonds is 3. The Morgan fingerprint density at radius 1 is 1.31 bits per heavy atom. The first-order valence-corrected chi connectivity index (χ1v) is 4.97. The monoisotopic (exact) mass is 186 g/mol. The number of carbonyl (C=O) groups excluding carboxylic acids is 1. The molecule has 1 atom stereocenters. The first-order valence-electron chi connectivity index (χ1n) is 4.97. The predicted octanol–water partition coefficient (Wildman–Crippen LogP) is 2.10. The molecule has 0 heterocycles. The fourth-order valence-electron chi connectivity index (χ4n) is 1.65. The highest BCUT2D eigenvalue weighted by molar-refractivity contribution is 5.72. The van der Waals surface area contributed by atoms with E-state index in [1.807, 2.05) is 0 Å². The molecule has 13 heavy (non-hydrogen) atoms. The molecule has 0 spiro atoms. The number of hydrogen-bond acceptors (Lipinski definition) is 3. The largest absolute Gasteiger partial charge is 0.436 e. The van der Waals surface area contributed by atoms with Gasteiger partial charge in [-0.1, -0.05) is 19.3 Å². The Morgan fingerprint density at radius 2 is 1.92 bits per heavy atom. The SMILES string of the molecule is COC(C)OC(=O)C1CCCCC1. The van der Waals surface area contributed by atoms with E-state index in [1.165, 1.54) is 6.42 Å². The molecular formula is C10H18O3. The molecule has 0 amide bonds. The van der Waals surface area contributed by atoms with Crippen LogP contribution in [-0.2, 0) is 14.3 Å². The zero-order valence-electron chi connectivity index (χ0n) is 8.41. The highest BCUT2D eigenvalue weighted by Gasteiger charge is 2.23. The van der Waals surface area contributed by atoms with Gasteiger partial charge in [-0.05, 0) is 19.8 Å². The minimum Gasteiger partial charge on any atom is -0.436 e. The molecule has 3 nitrogen and oxygen atoms in total. The van der Waals surface area contributed by atoms with E-state index in [-0.39, 0.29) is 11.9 Å². The average molecular weight is 186 g/mol. The maximum atomic E-state index is 11.5. The molecule has 0 N–H and O–H groups in total. The van der Waals surface area contributed by atoms with Gasteiger partial charge in [0.15, 0.2) is 6.29 Å². The molecule has 3 heteroatoms. The lowest BCUT2D eigenvalue weighted by atomic mass is 9.89. The van der Waals surface area contributed by atoms with Crippen LogP contribution >= 0.6 is 0 Å². The number of carbonyl (C=O) groups is 1. The van der Waals surface area contributed by atoms with E-state index in [1.54, 1.807) is 14.0 Å². The lowest BCUT2D eigenvalue weighted by molar-refractivity contribution is -0.175. The Kier molecular flexibility index (Phi) is 4.22. The van der Waals surface area contributed by atoms with Gasteiger partial charge in [-0.3, -0.25) is 4.79 Å². The van der Waals surface area contributed by atoms with E-state index >= 15 is 0 Å². The number of esters is 1. The molecule has 1 saturated carbocycles. The predicted molar refractivity (Wildman–Crippen MR) is 49.1 cm³/mol. The zero-order valence-corrected chi connectivity index (χ0v) is 8.41. The quantitative estimate of drug-likeness (QED) is 0.500. The second-order valence-electron chi connectivity index (χ2n) is 3.58. The van der Waals surface area contributed by atoms with Crippen LogP contribution in [0.5, 0.6) is 0 Å². The lowest BCUT2D eigenvalue weighted by Gasteiger charge is -2.21. The topological polar surface area (TPSA) is 35.5 Å². The van der Waals surface area contributed by atoms with Crippen molar-refractivity contribution in [1.82, 2.24) is 0 Å². The smallest absolute Gasteiger partial charge is 0.311 e. The summed E-state index contributed by atoms with van der Waals surface area (Å²) in [5.74, 6) is 0.0281. The fraction of sp³-hybridized carbons (Fsp3) is 0.900. The van der Waals surface area contributed by atoms with Crippen molar-refractivity contribution in [3.05, 3.63) is 0 Å². The van der Waals surface area contributed by atoms with Crippen LogP contribution in [0.1, 0.15) is 39.0 Å². The van der Waals surface area contributed by atoms with Gasteiger partial charge in [-0.2, -0.15) is 0 Å². The number of hydrogen-bond donors (Lipinski definition) is 0. The van der Waals surface area contributed by atoms with E-state index in [0.717, 1.165) is 25.7 Å². The molecule has 1 fully saturated rings. The van der Waals surface area contributed by atoms with Crippen LogP contribution < -0.4 is 0 Å². The van der Waals surface area contributed by atoms with Crippen LogP contribution in [0.25, 0.3) is 0 Å². The fourth-order valence-corrected chi connectivity index (χ4v) is 1.65. The standard InChI is InChI=1S/C10H18O3/c1-8(12-2)13-10(11)9-6-4-3-5-7-9/h8-9H,3-7H2,1-2H3. The minimum atomic E-state index is -0.408. The van der Waals surface area contributed by atoms with Crippen LogP contribution in [0.15, 0.2) is 0 Å². The molecule has 0 aromatic carbocycles. The first-order chi connectivity index (χ1) is 6.24. The summed E-state index contributed by atoms with van der Waals surface area (Å²) in [6, 6.07) is 0. The van der Waals surface area contributed by atoms with Crippen molar-refractivity contribution in [1.29, 1.82) is 0 Å². The van der Waals surface area contributed by atoms with Gasteiger partial charge in [0.05, 0.1) is 5.92 Å². The van der Waals surface area contributed by atoms with Crippen molar-refractivity contribution >= 4 is 5.97 Å². The minimum absolute atomic E-state index is 0.0888. The van der Waals surface area contributed by atoms with Gasteiger partial charge in [0.25, 0.3) is 0 Å². The number of ether oxygens (including phenoxy) is 2. The highest BCUT2D eigenvalue weighted by atomic mass is 16.7. The van der Waals surface area contributed by atoms with Crippen molar-refractivity contribution in [2.75, 3.05) is 7.11 Å². The summed E-state index contributed by atoms with van der Waals surface area (Å²) < 4.78 is 9.95. The van der Waals surface area contributed by atoms with E-state index in [9.17, 15) is 4.79 Å². The van der Waals surface area contributed by atoms with Crippen molar-refractivity contribution in [3.8, 4) is 0 Å². The first kappa shape index (κ1) is 10.5. The molecule has 76 valence electrons. The zero-order chi connectivity index (χ0) is 9.68. The van der Waals surface area contributed by atoms with Gasteiger partial charge in [-0.25, -0.2) is 0 Å². The molecule has 0 aliphatic heterocycles. The normalized spacial score (nSPS) is 21.1. The number of methoxy groups -OCH3 is 1. The molecule has 1 rings (SSSR count). The summed E-state index contributed by atoms with van der Waals surface area (Å²) >= 11 is 0. The summed E-state index contributed by atoms with van der Waals surface area (Å²) in [7, 11) is 1.54. The second-order valence-corrected chi connectivity index (χ2v) is 3.58. The molecule has 0 aromatic heterocycles. The van der Waals surface area contributed by atoms with Crippen LogP contribution in [0, 0.1) is 5.92 Å². The molecule has 0 bridgehead atoms. The molecule has 0 radical (unpaired) electrons. The van der Waals surface area contributed by atoms with Crippen LogP contribution in [0.3, 0.4) is 0 Å². The van der Waals surface area contributed by atoms with E-state index < -0.39 is 6.29 Å².